The van der Waals surface area contributed by atoms with Gasteiger partial charge < -0.3 is 4.90 Å². The van der Waals surface area contributed by atoms with Crippen LogP contribution in [0.5, 0.6) is 0 Å². The molecule has 102 valence electrons. The van der Waals surface area contributed by atoms with Gasteiger partial charge in [0.05, 0.1) is 11.5 Å². The van der Waals surface area contributed by atoms with Crippen LogP contribution in [0.1, 0.15) is 18.4 Å². The molecule has 1 saturated heterocycles. The lowest BCUT2D eigenvalue weighted by Crippen LogP contribution is -2.39. The molecule has 2 aromatic rings. The maximum Gasteiger partial charge on any atom is 0.0860 e. The summed E-state index contributed by atoms with van der Waals surface area (Å²) < 4.78 is 0. The molecule has 20 heavy (non-hydrogen) atoms. The third kappa shape index (κ3) is 2.26. The number of rotatable bonds is 2. The van der Waals surface area contributed by atoms with Gasteiger partial charge in [-0.05, 0) is 55.6 Å². The fraction of sp³-hybridized carbons (Fsp3) is 0.353. The van der Waals surface area contributed by atoms with Crippen molar-refractivity contribution in [3.8, 4) is 16.5 Å². The Balaban J connectivity index is 2.03. The monoisotopic (exact) mass is 282 g/mol. The predicted molar refractivity (Wildman–Crippen MR) is 83.8 cm³/mol. The summed E-state index contributed by atoms with van der Waals surface area (Å²) >= 11 is 1.75. The number of benzene rings is 1. The molecule has 0 spiro atoms. The molecule has 0 N–H and O–H groups in total. The van der Waals surface area contributed by atoms with Crippen LogP contribution in [0.3, 0.4) is 0 Å². The van der Waals surface area contributed by atoms with E-state index in [-0.39, 0.29) is 5.41 Å². The summed E-state index contributed by atoms with van der Waals surface area (Å²) in [5.41, 5.74) is 2.15. The summed E-state index contributed by atoms with van der Waals surface area (Å²) in [6, 6.07) is 15.2. The molecule has 1 aliphatic rings. The maximum atomic E-state index is 9.81. The Morgan fingerprint density at radius 3 is 2.50 bits per heavy atom. The Morgan fingerprint density at radius 1 is 1.15 bits per heavy atom. The van der Waals surface area contributed by atoms with Crippen LogP contribution in [0, 0.1) is 11.3 Å². The molecule has 0 aliphatic carbocycles. The highest BCUT2D eigenvalue weighted by atomic mass is 32.1. The van der Waals surface area contributed by atoms with Crippen LogP contribution in [-0.4, -0.2) is 25.0 Å². The van der Waals surface area contributed by atoms with Gasteiger partial charge in [-0.3, -0.25) is 0 Å². The second-order valence-corrected chi connectivity index (χ2v) is 6.44. The van der Waals surface area contributed by atoms with Crippen LogP contribution in [0.4, 0.5) is 0 Å². The van der Waals surface area contributed by atoms with Crippen molar-refractivity contribution in [2.45, 2.75) is 18.3 Å². The predicted octanol–water partition coefficient (Wildman–Crippen LogP) is 3.90. The lowest BCUT2D eigenvalue weighted by molar-refractivity contribution is 0.222. The van der Waals surface area contributed by atoms with Crippen LogP contribution >= 0.6 is 11.3 Å². The Hall–Kier alpha value is -1.63. The summed E-state index contributed by atoms with van der Waals surface area (Å²) in [4.78, 5) is 3.57. The number of likely N-dealkylation sites (tertiary alicyclic amines) is 1. The van der Waals surface area contributed by atoms with E-state index in [4.69, 9.17) is 0 Å². The fourth-order valence-electron chi connectivity index (χ4n) is 2.94. The summed E-state index contributed by atoms with van der Waals surface area (Å²) in [5, 5.41) is 11.9. The first-order valence-electron chi connectivity index (χ1n) is 6.98. The number of nitriles is 1. The van der Waals surface area contributed by atoms with Gasteiger partial charge in [-0.25, -0.2) is 0 Å². The third-order valence-electron chi connectivity index (χ3n) is 4.27. The Morgan fingerprint density at radius 2 is 1.85 bits per heavy atom. The normalized spacial score (nSPS) is 18.6. The molecule has 0 amide bonds. The zero-order valence-corrected chi connectivity index (χ0v) is 12.5. The van der Waals surface area contributed by atoms with Gasteiger partial charge >= 0.3 is 0 Å². The van der Waals surface area contributed by atoms with Crippen LogP contribution in [0.2, 0.25) is 0 Å². The van der Waals surface area contributed by atoms with Gasteiger partial charge in [-0.2, -0.15) is 5.26 Å². The van der Waals surface area contributed by atoms with Gasteiger partial charge in [0.2, 0.25) is 0 Å². The molecular weight excluding hydrogens is 264 g/mol. The van der Waals surface area contributed by atoms with E-state index in [0.717, 1.165) is 25.9 Å². The maximum absolute atomic E-state index is 9.81. The number of piperidine rings is 1. The highest BCUT2D eigenvalue weighted by molar-refractivity contribution is 7.13. The second-order valence-electron chi connectivity index (χ2n) is 5.53. The van der Waals surface area contributed by atoms with Crippen molar-refractivity contribution in [2.24, 2.45) is 0 Å². The molecule has 0 radical (unpaired) electrons. The van der Waals surface area contributed by atoms with E-state index < -0.39 is 0 Å². The van der Waals surface area contributed by atoms with Crippen molar-refractivity contribution in [1.82, 2.24) is 4.90 Å². The SMILES string of the molecule is CN1CCC(C#N)(c2ccsc2-c2ccccc2)CC1. The van der Waals surface area contributed by atoms with E-state index >= 15 is 0 Å². The first kappa shape index (κ1) is 13.4. The first-order valence-corrected chi connectivity index (χ1v) is 7.86. The van der Waals surface area contributed by atoms with Gasteiger partial charge in [-0.1, -0.05) is 30.3 Å². The number of hydrogen-bond acceptors (Lipinski definition) is 3. The van der Waals surface area contributed by atoms with E-state index in [1.54, 1.807) is 11.3 Å². The summed E-state index contributed by atoms with van der Waals surface area (Å²) in [6.07, 6.45) is 1.85. The minimum atomic E-state index is -0.308. The molecule has 0 atom stereocenters. The quantitative estimate of drug-likeness (QED) is 0.835. The molecule has 3 heteroatoms. The van der Waals surface area contributed by atoms with E-state index in [9.17, 15) is 5.26 Å². The van der Waals surface area contributed by atoms with Crippen molar-refractivity contribution in [3.63, 3.8) is 0 Å². The number of nitrogens with zero attached hydrogens (tertiary/aromatic N) is 2. The molecule has 2 nitrogen and oxygen atoms in total. The summed E-state index contributed by atoms with van der Waals surface area (Å²) in [6.45, 7) is 2.00. The average Bonchev–Trinajstić information content (AvgIpc) is 2.99. The lowest BCUT2D eigenvalue weighted by Gasteiger charge is -2.36. The largest absolute Gasteiger partial charge is 0.306 e. The van der Waals surface area contributed by atoms with Crippen molar-refractivity contribution in [1.29, 1.82) is 5.26 Å². The molecule has 1 aromatic heterocycles. The van der Waals surface area contributed by atoms with Crippen LogP contribution in [-0.2, 0) is 5.41 Å². The van der Waals surface area contributed by atoms with Crippen molar-refractivity contribution in [3.05, 3.63) is 47.3 Å². The zero-order chi connectivity index (χ0) is 14.0. The zero-order valence-electron chi connectivity index (χ0n) is 11.7. The van der Waals surface area contributed by atoms with Gasteiger partial charge in [0, 0.05) is 4.88 Å². The molecule has 0 saturated carbocycles. The summed E-state index contributed by atoms with van der Waals surface area (Å²) in [5.74, 6) is 0. The Bertz CT molecular complexity index is 616. The molecule has 1 fully saturated rings. The van der Waals surface area contributed by atoms with E-state index in [1.165, 1.54) is 16.0 Å². The van der Waals surface area contributed by atoms with Crippen LogP contribution in [0.15, 0.2) is 41.8 Å². The molecule has 2 heterocycles. The van der Waals surface area contributed by atoms with E-state index in [0.29, 0.717) is 0 Å². The summed E-state index contributed by atoms with van der Waals surface area (Å²) in [7, 11) is 2.13. The highest BCUT2D eigenvalue weighted by Gasteiger charge is 2.37. The van der Waals surface area contributed by atoms with Gasteiger partial charge in [0.1, 0.15) is 0 Å². The molecule has 0 bridgehead atoms. The van der Waals surface area contributed by atoms with E-state index in [2.05, 4.69) is 53.7 Å². The number of hydrogen-bond donors (Lipinski definition) is 0. The molecule has 0 unspecified atom stereocenters. The average molecular weight is 282 g/mol. The van der Waals surface area contributed by atoms with Crippen molar-refractivity contribution >= 4 is 11.3 Å². The van der Waals surface area contributed by atoms with Crippen LogP contribution in [0.25, 0.3) is 10.4 Å². The minimum absolute atomic E-state index is 0.308. The van der Waals surface area contributed by atoms with Gasteiger partial charge in [0.25, 0.3) is 0 Å². The minimum Gasteiger partial charge on any atom is -0.306 e. The molecule has 1 aliphatic heterocycles. The molecular formula is C17H18N2S. The van der Waals surface area contributed by atoms with Gasteiger partial charge in [0.15, 0.2) is 0 Å². The first-order chi connectivity index (χ1) is 9.75. The topological polar surface area (TPSA) is 27.0 Å². The lowest BCUT2D eigenvalue weighted by atomic mass is 9.73. The second kappa shape index (κ2) is 5.40. The molecule has 1 aromatic carbocycles. The van der Waals surface area contributed by atoms with E-state index in [1.807, 2.05) is 6.07 Å². The van der Waals surface area contributed by atoms with Crippen molar-refractivity contribution < 1.29 is 0 Å². The Labute approximate surface area is 124 Å². The number of thiophene rings is 1. The smallest absolute Gasteiger partial charge is 0.0860 e. The standard InChI is InChI=1S/C17H18N2S/c1-19-10-8-17(13-18,9-11-19)15-7-12-20-16(15)14-5-3-2-4-6-14/h2-7,12H,8-11H2,1H3. The third-order valence-corrected chi connectivity index (χ3v) is 5.23. The molecule has 3 rings (SSSR count). The highest BCUT2D eigenvalue weighted by Crippen LogP contribution is 2.42. The van der Waals surface area contributed by atoms with Crippen molar-refractivity contribution in [2.75, 3.05) is 20.1 Å². The fourth-order valence-corrected chi connectivity index (χ4v) is 3.94. The van der Waals surface area contributed by atoms with Gasteiger partial charge in [-0.15, -0.1) is 11.3 Å². The Kier molecular flexibility index (Phi) is 3.60. The van der Waals surface area contributed by atoms with Crippen LogP contribution < -0.4 is 0 Å².